The van der Waals surface area contributed by atoms with Gasteiger partial charge in [-0.1, -0.05) is 40.0 Å². The van der Waals surface area contributed by atoms with Crippen LogP contribution in [0.3, 0.4) is 0 Å². The third-order valence-electron chi connectivity index (χ3n) is 3.80. The van der Waals surface area contributed by atoms with Gasteiger partial charge < -0.3 is 10.1 Å². The lowest BCUT2D eigenvalue weighted by atomic mass is 9.87. The Bertz CT molecular complexity index is 368. The van der Waals surface area contributed by atoms with Gasteiger partial charge in [0.2, 0.25) is 0 Å². The number of aromatic nitrogens is 1. The van der Waals surface area contributed by atoms with Crippen LogP contribution in [0, 0.1) is 5.92 Å². The van der Waals surface area contributed by atoms with Crippen molar-refractivity contribution in [1.29, 1.82) is 0 Å². The predicted octanol–water partition coefficient (Wildman–Crippen LogP) is 4.35. The molecule has 1 N–H and O–H groups in total. The van der Waals surface area contributed by atoms with Gasteiger partial charge in [0, 0.05) is 12.2 Å². The van der Waals surface area contributed by atoms with E-state index in [0.717, 1.165) is 18.8 Å². The standard InChI is InChI=1S/C17H30N2O/c1-5-8-9-14(7-3)17(18-4)15-11-16(13-19-12-15)20-10-6-2/h11-14,17-18H,5-10H2,1-4H3. The summed E-state index contributed by atoms with van der Waals surface area (Å²) in [6.07, 6.45) is 9.78. The fourth-order valence-electron chi connectivity index (χ4n) is 2.65. The van der Waals surface area contributed by atoms with E-state index in [1.807, 2.05) is 13.2 Å². The van der Waals surface area contributed by atoms with E-state index in [-0.39, 0.29) is 0 Å². The minimum Gasteiger partial charge on any atom is -0.492 e. The molecule has 3 nitrogen and oxygen atoms in total. The molecule has 0 saturated heterocycles. The summed E-state index contributed by atoms with van der Waals surface area (Å²) in [5.41, 5.74) is 1.24. The third kappa shape index (κ3) is 5.12. The van der Waals surface area contributed by atoms with Crippen LogP contribution in [0.25, 0.3) is 0 Å². The molecule has 3 heteroatoms. The van der Waals surface area contributed by atoms with Crippen molar-refractivity contribution in [2.75, 3.05) is 13.7 Å². The first-order valence-corrected chi connectivity index (χ1v) is 8.01. The number of hydrogen-bond donors (Lipinski definition) is 1. The second-order valence-corrected chi connectivity index (χ2v) is 5.38. The summed E-state index contributed by atoms with van der Waals surface area (Å²) in [6, 6.07) is 2.50. The van der Waals surface area contributed by atoms with Crippen molar-refractivity contribution < 1.29 is 4.74 Å². The predicted molar refractivity (Wildman–Crippen MR) is 85.1 cm³/mol. The van der Waals surface area contributed by atoms with Crippen LogP contribution in [-0.4, -0.2) is 18.6 Å². The van der Waals surface area contributed by atoms with Gasteiger partial charge in [-0.2, -0.15) is 0 Å². The van der Waals surface area contributed by atoms with Crippen LogP contribution in [0.1, 0.15) is 64.5 Å². The molecule has 1 heterocycles. The Hall–Kier alpha value is -1.09. The van der Waals surface area contributed by atoms with Gasteiger partial charge in [0.05, 0.1) is 12.8 Å². The molecule has 0 fully saturated rings. The lowest BCUT2D eigenvalue weighted by Gasteiger charge is -2.26. The minimum atomic E-state index is 0.365. The number of ether oxygens (including phenoxy) is 1. The Morgan fingerprint density at radius 3 is 2.60 bits per heavy atom. The molecule has 0 radical (unpaired) electrons. The molecule has 0 aliphatic heterocycles. The zero-order valence-corrected chi connectivity index (χ0v) is 13.5. The van der Waals surface area contributed by atoms with Gasteiger partial charge in [-0.05, 0) is 37.4 Å². The second-order valence-electron chi connectivity index (χ2n) is 5.38. The van der Waals surface area contributed by atoms with Crippen molar-refractivity contribution in [3.8, 4) is 5.75 Å². The number of unbranched alkanes of at least 4 members (excludes halogenated alkanes) is 1. The quantitative estimate of drug-likeness (QED) is 0.691. The van der Waals surface area contributed by atoms with E-state index in [9.17, 15) is 0 Å². The first-order chi connectivity index (χ1) is 9.76. The van der Waals surface area contributed by atoms with Crippen LogP contribution >= 0.6 is 0 Å². The zero-order chi connectivity index (χ0) is 14.8. The molecule has 0 bridgehead atoms. The fourth-order valence-corrected chi connectivity index (χ4v) is 2.65. The zero-order valence-electron chi connectivity index (χ0n) is 13.5. The lowest BCUT2D eigenvalue weighted by molar-refractivity contribution is 0.311. The topological polar surface area (TPSA) is 34.2 Å². The Morgan fingerprint density at radius 2 is 2.00 bits per heavy atom. The molecule has 1 rings (SSSR count). The molecule has 0 aliphatic carbocycles. The van der Waals surface area contributed by atoms with E-state index >= 15 is 0 Å². The largest absolute Gasteiger partial charge is 0.492 e. The van der Waals surface area contributed by atoms with Crippen molar-refractivity contribution in [3.63, 3.8) is 0 Å². The molecular formula is C17H30N2O. The van der Waals surface area contributed by atoms with Crippen molar-refractivity contribution in [2.45, 2.75) is 58.9 Å². The number of pyridine rings is 1. The molecule has 0 spiro atoms. The highest BCUT2D eigenvalue weighted by molar-refractivity contribution is 5.26. The van der Waals surface area contributed by atoms with E-state index in [0.29, 0.717) is 12.0 Å². The Kier molecular flexibility index (Phi) is 8.28. The molecule has 2 unspecified atom stereocenters. The van der Waals surface area contributed by atoms with Crippen LogP contribution in [0.15, 0.2) is 18.5 Å². The van der Waals surface area contributed by atoms with E-state index in [2.05, 4.69) is 37.1 Å². The van der Waals surface area contributed by atoms with Crippen LogP contribution in [0.5, 0.6) is 5.75 Å². The summed E-state index contributed by atoms with van der Waals surface area (Å²) in [7, 11) is 2.04. The molecule has 20 heavy (non-hydrogen) atoms. The molecule has 1 aromatic heterocycles. The molecule has 114 valence electrons. The molecule has 2 atom stereocenters. The summed E-state index contributed by atoms with van der Waals surface area (Å²) < 4.78 is 5.69. The Labute approximate surface area is 124 Å². The summed E-state index contributed by atoms with van der Waals surface area (Å²) in [6.45, 7) is 7.39. The van der Waals surface area contributed by atoms with E-state index in [1.165, 1.54) is 31.2 Å². The van der Waals surface area contributed by atoms with Crippen molar-refractivity contribution in [2.24, 2.45) is 5.92 Å². The summed E-state index contributed by atoms with van der Waals surface area (Å²) in [5.74, 6) is 1.54. The van der Waals surface area contributed by atoms with Crippen molar-refractivity contribution in [1.82, 2.24) is 10.3 Å². The number of nitrogens with zero attached hydrogens (tertiary/aromatic N) is 1. The Morgan fingerprint density at radius 1 is 1.20 bits per heavy atom. The van der Waals surface area contributed by atoms with Crippen molar-refractivity contribution >= 4 is 0 Å². The van der Waals surface area contributed by atoms with Gasteiger partial charge in [-0.15, -0.1) is 0 Å². The molecule has 0 amide bonds. The van der Waals surface area contributed by atoms with E-state index in [1.54, 1.807) is 6.20 Å². The van der Waals surface area contributed by atoms with Crippen molar-refractivity contribution in [3.05, 3.63) is 24.0 Å². The minimum absolute atomic E-state index is 0.365. The van der Waals surface area contributed by atoms with E-state index < -0.39 is 0 Å². The first-order valence-electron chi connectivity index (χ1n) is 8.01. The molecule has 0 saturated carbocycles. The van der Waals surface area contributed by atoms with Gasteiger partial charge in [0.25, 0.3) is 0 Å². The second kappa shape index (κ2) is 9.76. The normalized spacial score (nSPS) is 14.0. The van der Waals surface area contributed by atoms with Crippen LogP contribution in [0.2, 0.25) is 0 Å². The Balaban J connectivity index is 2.81. The van der Waals surface area contributed by atoms with Crippen LogP contribution < -0.4 is 10.1 Å². The molecule has 0 aliphatic rings. The molecule has 0 aromatic carbocycles. The maximum atomic E-state index is 5.69. The van der Waals surface area contributed by atoms with Crippen LogP contribution in [0.4, 0.5) is 0 Å². The SMILES string of the molecule is CCCCC(CC)C(NC)c1cncc(OCCC)c1. The number of rotatable bonds is 10. The monoisotopic (exact) mass is 278 g/mol. The fraction of sp³-hybridized carbons (Fsp3) is 0.706. The lowest BCUT2D eigenvalue weighted by Crippen LogP contribution is -2.25. The summed E-state index contributed by atoms with van der Waals surface area (Å²) in [4.78, 5) is 4.34. The highest BCUT2D eigenvalue weighted by Gasteiger charge is 2.20. The first kappa shape index (κ1) is 17.0. The maximum Gasteiger partial charge on any atom is 0.137 e. The van der Waals surface area contributed by atoms with Gasteiger partial charge in [0.15, 0.2) is 0 Å². The average Bonchev–Trinajstić information content (AvgIpc) is 2.49. The average molecular weight is 278 g/mol. The third-order valence-corrected chi connectivity index (χ3v) is 3.80. The van der Waals surface area contributed by atoms with Crippen LogP contribution in [-0.2, 0) is 0 Å². The highest BCUT2D eigenvalue weighted by Crippen LogP contribution is 2.30. The van der Waals surface area contributed by atoms with Gasteiger partial charge in [-0.3, -0.25) is 4.98 Å². The van der Waals surface area contributed by atoms with Gasteiger partial charge in [-0.25, -0.2) is 0 Å². The molecule has 1 aromatic rings. The number of hydrogen-bond acceptors (Lipinski definition) is 3. The summed E-state index contributed by atoms with van der Waals surface area (Å²) >= 11 is 0. The highest BCUT2D eigenvalue weighted by atomic mass is 16.5. The van der Waals surface area contributed by atoms with Gasteiger partial charge in [0.1, 0.15) is 5.75 Å². The maximum absolute atomic E-state index is 5.69. The van der Waals surface area contributed by atoms with Gasteiger partial charge >= 0.3 is 0 Å². The summed E-state index contributed by atoms with van der Waals surface area (Å²) in [5, 5.41) is 3.47. The molecular weight excluding hydrogens is 248 g/mol. The van der Waals surface area contributed by atoms with E-state index in [4.69, 9.17) is 4.74 Å². The smallest absolute Gasteiger partial charge is 0.137 e. The number of nitrogens with one attached hydrogen (secondary N) is 1.